The van der Waals surface area contributed by atoms with Gasteiger partial charge < -0.3 is 10.6 Å². The third kappa shape index (κ3) is 3.88. The van der Waals surface area contributed by atoms with Crippen LogP contribution < -0.4 is 16.0 Å². The number of urea groups is 1. The van der Waals surface area contributed by atoms with Gasteiger partial charge in [0, 0.05) is 13.0 Å². The van der Waals surface area contributed by atoms with Gasteiger partial charge in [-0.1, -0.05) is 31.1 Å². The molecule has 1 fully saturated rings. The molecule has 8 heteroatoms. The SMILES string of the molecule is CCCCCc1nnc(NC(=O)[C@H]2CNC(=O)N2)s1. The molecule has 0 bridgehead atoms. The molecular formula is C11H17N5O2S. The first-order valence-electron chi connectivity index (χ1n) is 6.36. The number of carbonyl (C=O) groups is 2. The Hall–Kier alpha value is -1.70. The molecule has 1 aromatic heterocycles. The van der Waals surface area contributed by atoms with Gasteiger partial charge in [-0.2, -0.15) is 0 Å². The summed E-state index contributed by atoms with van der Waals surface area (Å²) in [6.07, 6.45) is 4.31. The third-order valence-corrected chi connectivity index (χ3v) is 3.68. The zero-order valence-corrected chi connectivity index (χ0v) is 11.5. The second-order valence-corrected chi connectivity index (χ2v) is 5.42. The first-order chi connectivity index (χ1) is 9.19. The Labute approximate surface area is 115 Å². The normalized spacial score (nSPS) is 17.9. The number of aryl methyl sites for hydroxylation is 1. The van der Waals surface area contributed by atoms with Crippen LogP contribution in [0.5, 0.6) is 0 Å². The molecule has 104 valence electrons. The van der Waals surface area contributed by atoms with Crippen LogP contribution in [-0.2, 0) is 11.2 Å². The highest BCUT2D eigenvalue weighted by molar-refractivity contribution is 7.15. The fraction of sp³-hybridized carbons (Fsp3) is 0.636. The number of anilines is 1. The second kappa shape index (κ2) is 6.46. The molecule has 1 saturated heterocycles. The molecule has 7 nitrogen and oxygen atoms in total. The lowest BCUT2D eigenvalue weighted by molar-refractivity contribution is -0.117. The molecule has 19 heavy (non-hydrogen) atoms. The van der Waals surface area contributed by atoms with Crippen molar-refractivity contribution in [1.29, 1.82) is 0 Å². The van der Waals surface area contributed by atoms with Crippen LogP contribution in [0.4, 0.5) is 9.93 Å². The summed E-state index contributed by atoms with van der Waals surface area (Å²) in [4.78, 5) is 22.7. The minimum absolute atomic E-state index is 0.269. The monoisotopic (exact) mass is 283 g/mol. The number of rotatable bonds is 6. The van der Waals surface area contributed by atoms with E-state index in [0.717, 1.165) is 24.3 Å². The molecule has 0 aromatic carbocycles. The molecule has 0 radical (unpaired) electrons. The fourth-order valence-corrected chi connectivity index (χ4v) is 2.52. The van der Waals surface area contributed by atoms with Gasteiger partial charge in [-0.15, -0.1) is 10.2 Å². The predicted molar refractivity (Wildman–Crippen MR) is 72.1 cm³/mol. The Bertz CT molecular complexity index is 462. The van der Waals surface area contributed by atoms with Gasteiger partial charge in [0.1, 0.15) is 11.0 Å². The van der Waals surface area contributed by atoms with Gasteiger partial charge in [-0.3, -0.25) is 10.1 Å². The minimum atomic E-state index is -0.542. The van der Waals surface area contributed by atoms with Gasteiger partial charge in [-0.25, -0.2) is 4.79 Å². The molecule has 0 unspecified atom stereocenters. The van der Waals surface area contributed by atoms with Crippen LogP contribution in [0.15, 0.2) is 0 Å². The van der Waals surface area contributed by atoms with Gasteiger partial charge >= 0.3 is 6.03 Å². The van der Waals surface area contributed by atoms with Gasteiger partial charge in [0.15, 0.2) is 0 Å². The smallest absolute Gasteiger partial charge is 0.315 e. The average molecular weight is 283 g/mol. The highest BCUT2D eigenvalue weighted by atomic mass is 32.1. The summed E-state index contributed by atoms with van der Waals surface area (Å²) in [6, 6.07) is -0.863. The standard InChI is InChI=1S/C11H17N5O2S/c1-2-3-4-5-8-15-16-11(19-8)14-9(17)7-6-12-10(18)13-7/h7H,2-6H2,1H3,(H2,12,13,18)(H,14,16,17)/t7-/m1/s1. The van der Waals surface area contributed by atoms with Crippen LogP contribution in [0, 0.1) is 0 Å². The summed E-state index contributed by atoms with van der Waals surface area (Å²) in [5, 5.41) is 17.1. The molecule has 1 aromatic rings. The summed E-state index contributed by atoms with van der Waals surface area (Å²) in [5.74, 6) is -0.269. The van der Waals surface area contributed by atoms with Gasteiger partial charge in [-0.05, 0) is 6.42 Å². The highest BCUT2D eigenvalue weighted by Crippen LogP contribution is 2.17. The van der Waals surface area contributed by atoms with Crippen molar-refractivity contribution in [2.75, 3.05) is 11.9 Å². The molecule has 3 amide bonds. The molecule has 1 aliphatic heterocycles. The quantitative estimate of drug-likeness (QED) is 0.676. The van der Waals surface area contributed by atoms with Crippen molar-refractivity contribution in [3.8, 4) is 0 Å². The maximum absolute atomic E-state index is 11.8. The Morgan fingerprint density at radius 2 is 2.32 bits per heavy atom. The predicted octanol–water partition coefficient (Wildman–Crippen LogP) is 0.891. The molecule has 2 rings (SSSR count). The first kappa shape index (κ1) is 13.7. The zero-order chi connectivity index (χ0) is 13.7. The number of hydrogen-bond acceptors (Lipinski definition) is 5. The molecule has 0 saturated carbocycles. The largest absolute Gasteiger partial charge is 0.336 e. The van der Waals surface area contributed by atoms with Gasteiger partial charge in [0.25, 0.3) is 5.91 Å². The third-order valence-electron chi connectivity index (χ3n) is 2.78. The molecule has 0 aliphatic carbocycles. The summed E-state index contributed by atoms with van der Waals surface area (Å²) >= 11 is 1.38. The maximum atomic E-state index is 11.8. The van der Waals surface area contributed by atoms with E-state index in [-0.39, 0.29) is 11.9 Å². The van der Waals surface area contributed by atoms with Crippen LogP contribution in [-0.4, -0.2) is 34.7 Å². The minimum Gasteiger partial charge on any atom is -0.336 e. The number of unbranched alkanes of at least 4 members (excludes halogenated alkanes) is 2. The number of aromatic nitrogens is 2. The lowest BCUT2D eigenvalue weighted by Crippen LogP contribution is -2.38. The Morgan fingerprint density at radius 3 is 3.00 bits per heavy atom. The van der Waals surface area contributed by atoms with Crippen LogP contribution in [0.3, 0.4) is 0 Å². The summed E-state index contributed by atoms with van der Waals surface area (Å²) in [6.45, 7) is 2.45. The molecule has 1 aliphatic rings. The summed E-state index contributed by atoms with van der Waals surface area (Å²) < 4.78 is 0. The molecule has 2 heterocycles. The van der Waals surface area contributed by atoms with Crippen LogP contribution in [0.1, 0.15) is 31.2 Å². The second-order valence-electron chi connectivity index (χ2n) is 4.35. The van der Waals surface area contributed by atoms with Crippen molar-refractivity contribution < 1.29 is 9.59 Å². The van der Waals surface area contributed by atoms with E-state index in [1.165, 1.54) is 17.8 Å². The van der Waals surface area contributed by atoms with E-state index in [0.29, 0.717) is 11.7 Å². The number of carbonyl (C=O) groups excluding carboxylic acids is 2. The van der Waals surface area contributed by atoms with Crippen molar-refractivity contribution in [3.63, 3.8) is 0 Å². The van der Waals surface area contributed by atoms with Crippen LogP contribution in [0.25, 0.3) is 0 Å². The van der Waals surface area contributed by atoms with E-state index in [1.807, 2.05) is 0 Å². The van der Waals surface area contributed by atoms with E-state index in [1.54, 1.807) is 0 Å². The lowest BCUT2D eigenvalue weighted by Gasteiger charge is -2.06. The molecule has 0 spiro atoms. The molecule has 1 atom stereocenters. The maximum Gasteiger partial charge on any atom is 0.315 e. The number of hydrogen-bond donors (Lipinski definition) is 3. The lowest BCUT2D eigenvalue weighted by atomic mass is 10.2. The average Bonchev–Trinajstić information content (AvgIpc) is 2.99. The van der Waals surface area contributed by atoms with Crippen molar-refractivity contribution in [1.82, 2.24) is 20.8 Å². The first-order valence-corrected chi connectivity index (χ1v) is 7.18. The number of amides is 3. The molecule has 3 N–H and O–H groups in total. The summed E-state index contributed by atoms with van der Waals surface area (Å²) in [5.41, 5.74) is 0. The van der Waals surface area contributed by atoms with E-state index in [9.17, 15) is 9.59 Å². The fourth-order valence-electron chi connectivity index (χ4n) is 1.74. The number of nitrogens with one attached hydrogen (secondary N) is 3. The van der Waals surface area contributed by atoms with Crippen LogP contribution >= 0.6 is 11.3 Å². The zero-order valence-electron chi connectivity index (χ0n) is 10.7. The summed E-state index contributed by atoms with van der Waals surface area (Å²) in [7, 11) is 0. The van der Waals surface area contributed by atoms with Crippen molar-refractivity contribution in [2.45, 2.75) is 38.6 Å². The Morgan fingerprint density at radius 1 is 1.47 bits per heavy atom. The van der Waals surface area contributed by atoms with E-state index >= 15 is 0 Å². The van der Waals surface area contributed by atoms with Gasteiger partial charge in [0.2, 0.25) is 5.13 Å². The van der Waals surface area contributed by atoms with E-state index in [2.05, 4.69) is 33.1 Å². The van der Waals surface area contributed by atoms with E-state index in [4.69, 9.17) is 0 Å². The Balaban J connectivity index is 1.82. The van der Waals surface area contributed by atoms with Crippen molar-refractivity contribution >= 4 is 28.4 Å². The van der Waals surface area contributed by atoms with Crippen LogP contribution in [0.2, 0.25) is 0 Å². The topological polar surface area (TPSA) is 96.0 Å². The highest BCUT2D eigenvalue weighted by Gasteiger charge is 2.27. The molecular weight excluding hydrogens is 266 g/mol. The van der Waals surface area contributed by atoms with Gasteiger partial charge in [0.05, 0.1) is 0 Å². The van der Waals surface area contributed by atoms with E-state index < -0.39 is 6.04 Å². The van der Waals surface area contributed by atoms with Crippen molar-refractivity contribution in [2.24, 2.45) is 0 Å². The Kier molecular flexibility index (Phi) is 4.67. The van der Waals surface area contributed by atoms with Crippen molar-refractivity contribution in [3.05, 3.63) is 5.01 Å². The number of nitrogens with zero attached hydrogens (tertiary/aromatic N) is 2.